The van der Waals surface area contributed by atoms with Crippen molar-refractivity contribution in [3.8, 4) is 56.2 Å². The number of benzene rings is 7. The standard InChI is InChI=1S/C43H26ClN3S/c44-43-46-41(33-14-7-13-30(23-33)32-20-18-28-17-19-31(24-35(28)25-32)27-9-3-1-4-10-27)45-42(47-43)34-21-22-37-39(26-34)48-38-16-8-15-36(40(37)38)29-11-5-2-6-12-29/h1-26H/i1D,2D,3D,4D,5D,6D,7D,8D,9D,10D,11D,12D,13D,14D,15D,16D,17D,18D,19D,20D,21D,22D,23D,24D,25D,26D. The fraction of sp³-hybridized carbons (Fsp3) is 0. The van der Waals surface area contributed by atoms with Crippen LogP contribution in [0, 0.1) is 0 Å². The van der Waals surface area contributed by atoms with Gasteiger partial charge in [-0.15, -0.1) is 11.3 Å². The van der Waals surface area contributed by atoms with Crippen molar-refractivity contribution in [2.24, 2.45) is 0 Å². The Morgan fingerprint density at radius 2 is 1.02 bits per heavy atom. The molecule has 9 aromatic rings. The summed E-state index contributed by atoms with van der Waals surface area (Å²) in [5.74, 6) is -1.36. The number of nitrogens with zero attached hydrogens (tertiary/aromatic N) is 3. The molecule has 5 heteroatoms. The molecule has 0 unspecified atom stereocenters. The van der Waals surface area contributed by atoms with Crippen LogP contribution in [0.4, 0.5) is 0 Å². The van der Waals surface area contributed by atoms with E-state index in [4.69, 9.17) is 39.0 Å². The van der Waals surface area contributed by atoms with E-state index in [0.29, 0.717) is 11.3 Å². The molecule has 3 nitrogen and oxygen atoms in total. The molecule has 0 saturated heterocycles. The van der Waals surface area contributed by atoms with Gasteiger partial charge in [0.25, 0.3) is 0 Å². The van der Waals surface area contributed by atoms with Crippen LogP contribution in [0.1, 0.15) is 35.6 Å². The Kier molecular flexibility index (Phi) is 3.06. The van der Waals surface area contributed by atoms with Gasteiger partial charge in [-0.25, -0.2) is 4.98 Å². The zero-order valence-electron chi connectivity index (χ0n) is 49.6. The lowest BCUT2D eigenvalue weighted by Gasteiger charge is -2.09. The molecular formula is C43H26ClN3S. The maximum atomic E-state index is 9.42. The Morgan fingerprint density at radius 1 is 0.438 bits per heavy atom. The quantitative estimate of drug-likeness (QED) is 0.182. The van der Waals surface area contributed by atoms with Gasteiger partial charge in [-0.2, -0.15) is 9.97 Å². The molecule has 9 rings (SSSR count). The molecular weight excluding hydrogens is 626 g/mol. The third-order valence-electron chi connectivity index (χ3n) is 6.88. The summed E-state index contributed by atoms with van der Waals surface area (Å²) in [6.45, 7) is 0. The third kappa shape index (κ3) is 5.22. The van der Waals surface area contributed by atoms with E-state index in [2.05, 4.69) is 15.0 Å². The number of thiophene rings is 1. The number of halogens is 1. The second kappa shape index (κ2) is 11.8. The molecule has 0 radical (unpaired) electrons. The van der Waals surface area contributed by atoms with E-state index < -0.39 is 229 Å². The van der Waals surface area contributed by atoms with Crippen LogP contribution < -0.4 is 0 Å². The molecule has 0 N–H and O–H groups in total. The van der Waals surface area contributed by atoms with Crippen molar-refractivity contribution in [3.63, 3.8) is 0 Å². The van der Waals surface area contributed by atoms with Crippen molar-refractivity contribution in [2.75, 3.05) is 0 Å². The molecule has 0 fully saturated rings. The topological polar surface area (TPSA) is 38.7 Å². The molecule has 0 aliphatic heterocycles. The molecule has 0 aliphatic rings. The van der Waals surface area contributed by atoms with Gasteiger partial charge in [-0.3, -0.25) is 0 Å². The molecule has 2 aromatic heterocycles. The minimum absolute atomic E-state index is 0.145. The second-order valence-corrected chi connectivity index (χ2v) is 11.1. The third-order valence-corrected chi connectivity index (χ3v) is 8.07. The lowest BCUT2D eigenvalue weighted by Crippen LogP contribution is -1.97. The minimum atomic E-state index is -0.964. The van der Waals surface area contributed by atoms with Gasteiger partial charge in [-0.05, 0) is 86.0 Å². The van der Waals surface area contributed by atoms with Gasteiger partial charge >= 0.3 is 0 Å². The molecule has 0 amide bonds. The summed E-state index contributed by atoms with van der Waals surface area (Å²) in [7, 11) is 0. The van der Waals surface area contributed by atoms with Crippen LogP contribution in [0.3, 0.4) is 0 Å². The summed E-state index contributed by atoms with van der Waals surface area (Å²) in [4.78, 5) is 12.4. The average molecular weight is 678 g/mol. The van der Waals surface area contributed by atoms with Gasteiger partial charge < -0.3 is 0 Å². The summed E-state index contributed by atoms with van der Waals surface area (Å²) >= 11 is 7.09. The van der Waals surface area contributed by atoms with Crippen molar-refractivity contribution in [1.29, 1.82) is 0 Å². The van der Waals surface area contributed by atoms with Crippen LogP contribution >= 0.6 is 22.9 Å². The summed E-state index contributed by atoms with van der Waals surface area (Å²) in [5.41, 5.74) is -5.14. The number of hydrogen-bond donors (Lipinski definition) is 0. The van der Waals surface area contributed by atoms with E-state index in [9.17, 15) is 8.22 Å². The van der Waals surface area contributed by atoms with Crippen LogP contribution in [-0.4, -0.2) is 15.0 Å². The van der Waals surface area contributed by atoms with E-state index in [-0.39, 0.29) is 20.2 Å². The Morgan fingerprint density at radius 3 is 1.77 bits per heavy atom. The maximum Gasteiger partial charge on any atom is 0.226 e. The number of rotatable bonds is 5. The van der Waals surface area contributed by atoms with Crippen molar-refractivity contribution in [2.45, 2.75) is 0 Å². The van der Waals surface area contributed by atoms with E-state index in [0.717, 1.165) is 0 Å². The zero-order chi connectivity index (χ0) is 54.7. The molecule has 2 heterocycles. The van der Waals surface area contributed by atoms with Gasteiger partial charge in [-0.1, -0.05) is 127 Å². The molecule has 7 aromatic carbocycles. The molecule has 0 bridgehead atoms. The zero-order valence-corrected chi connectivity index (χ0v) is 25.2. The van der Waals surface area contributed by atoms with Gasteiger partial charge in [0.15, 0.2) is 11.6 Å². The van der Waals surface area contributed by atoms with Crippen LogP contribution in [-0.2, 0) is 0 Å². The highest BCUT2D eigenvalue weighted by atomic mass is 35.5. The predicted octanol–water partition coefficient (Wildman–Crippen LogP) is 12.4. The van der Waals surface area contributed by atoms with Gasteiger partial charge in [0.1, 0.15) is 0 Å². The number of fused-ring (bicyclic) bond motifs is 4. The molecule has 0 spiro atoms. The van der Waals surface area contributed by atoms with Crippen LogP contribution in [0.2, 0.25) is 5.28 Å². The summed E-state index contributed by atoms with van der Waals surface area (Å²) in [6, 6.07) is -21.4. The first-order chi connectivity index (χ1) is 34.5. The van der Waals surface area contributed by atoms with Crippen LogP contribution in [0.15, 0.2) is 157 Å². The predicted molar refractivity (Wildman–Crippen MR) is 202 cm³/mol. The highest BCUT2D eigenvalue weighted by molar-refractivity contribution is 7.26. The Labute approximate surface area is 323 Å². The van der Waals surface area contributed by atoms with Crippen molar-refractivity contribution < 1.29 is 35.6 Å². The maximum absolute atomic E-state index is 9.42. The lowest BCUT2D eigenvalue weighted by atomic mass is 9.97. The van der Waals surface area contributed by atoms with Gasteiger partial charge in [0, 0.05) is 31.3 Å². The van der Waals surface area contributed by atoms with E-state index in [1.54, 1.807) is 0 Å². The minimum Gasteiger partial charge on any atom is -0.208 e. The summed E-state index contributed by atoms with van der Waals surface area (Å²) < 4.78 is 227. The van der Waals surface area contributed by atoms with Crippen LogP contribution in [0.25, 0.3) is 87.1 Å². The fourth-order valence-electron chi connectivity index (χ4n) is 4.78. The van der Waals surface area contributed by atoms with Gasteiger partial charge in [0.05, 0.1) is 35.6 Å². The normalized spacial score (nSPS) is 19.0. The summed E-state index contributed by atoms with van der Waals surface area (Å²) in [6.07, 6.45) is 0. The number of aromatic nitrogens is 3. The lowest BCUT2D eigenvalue weighted by molar-refractivity contribution is 1.07. The van der Waals surface area contributed by atoms with E-state index in [1.807, 2.05) is 0 Å². The largest absolute Gasteiger partial charge is 0.226 e. The molecule has 0 saturated carbocycles. The highest BCUT2D eigenvalue weighted by Gasteiger charge is 2.15. The van der Waals surface area contributed by atoms with E-state index >= 15 is 0 Å². The molecule has 226 valence electrons. The highest BCUT2D eigenvalue weighted by Crippen LogP contribution is 2.41. The van der Waals surface area contributed by atoms with Crippen molar-refractivity contribution in [3.05, 3.63) is 162 Å². The smallest absolute Gasteiger partial charge is 0.208 e. The molecule has 0 atom stereocenters. The summed E-state index contributed by atoms with van der Waals surface area (Å²) in [5, 5.41) is -2.48. The molecule has 48 heavy (non-hydrogen) atoms. The Balaban J connectivity index is 1.31. The van der Waals surface area contributed by atoms with E-state index in [1.165, 1.54) is 0 Å². The first kappa shape index (κ1) is 12.4. The SMILES string of the molecule is [2H]c1c([2H])c([2H])c(-c2c([2H])c([2H])c3c([2H])c([2H])c(-c4c([2H])c([2H])c([2H])c(-c5nc(Cl)nc(-c6c([2H])c([2H])c7c(sc8c([2H])c([2H])c([2H])c(-c9c([2H])c([2H])c([2H])c([2H])c9[2H])c87)c6[2H])n5)c4[2H])c([2H])c3c2[2H])c([2H])c1[2H]. The Bertz CT molecular complexity index is 4070. The first-order valence-corrected chi connectivity index (χ1v) is 14.9. The second-order valence-electron chi connectivity index (χ2n) is 9.76. The fourth-order valence-corrected chi connectivity index (χ4v) is 5.96. The van der Waals surface area contributed by atoms with Gasteiger partial charge in [0.2, 0.25) is 5.28 Å². The Hall–Kier alpha value is -5.68. The van der Waals surface area contributed by atoms with Crippen LogP contribution in [0.5, 0.6) is 0 Å². The van der Waals surface area contributed by atoms with Crippen molar-refractivity contribution >= 4 is 53.9 Å². The molecule has 0 aliphatic carbocycles. The van der Waals surface area contributed by atoms with Crippen molar-refractivity contribution in [1.82, 2.24) is 15.0 Å². The first-order valence-electron chi connectivity index (χ1n) is 26.7. The average Bonchev–Trinajstić information content (AvgIpc) is 3.76. The monoisotopic (exact) mass is 677 g/mol. The number of hydrogen-bond acceptors (Lipinski definition) is 4.